The van der Waals surface area contributed by atoms with Gasteiger partial charge in [-0.1, -0.05) is 12.1 Å². The second-order valence-electron chi connectivity index (χ2n) is 4.07. The maximum absolute atomic E-state index is 5.74. The molecule has 2 heterocycles. The van der Waals surface area contributed by atoms with Gasteiger partial charge in [0.25, 0.3) is 0 Å². The monoisotopic (exact) mass is 239 g/mol. The van der Waals surface area contributed by atoms with Gasteiger partial charge in [0.1, 0.15) is 5.69 Å². The Balaban J connectivity index is 2.29. The first-order valence-corrected chi connectivity index (χ1v) is 5.72. The lowest BCUT2D eigenvalue weighted by molar-refractivity contribution is 0.946. The van der Waals surface area contributed by atoms with E-state index in [0.29, 0.717) is 6.54 Å². The number of benzene rings is 1. The Morgan fingerprint density at radius 2 is 2.17 bits per heavy atom. The Labute approximate surface area is 104 Å². The van der Waals surface area contributed by atoms with Crippen molar-refractivity contribution in [1.29, 1.82) is 0 Å². The molecular formula is C13H13N5. The van der Waals surface area contributed by atoms with E-state index in [4.69, 9.17) is 5.73 Å². The van der Waals surface area contributed by atoms with E-state index in [2.05, 4.69) is 15.0 Å². The van der Waals surface area contributed by atoms with Gasteiger partial charge in [0, 0.05) is 26.0 Å². The van der Waals surface area contributed by atoms with Crippen molar-refractivity contribution in [2.45, 2.75) is 6.54 Å². The summed E-state index contributed by atoms with van der Waals surface area (Å²) < 4.78 is 2.01. The van der Waals surface area contributed by atoms with Gasteiger partial charge in [-0.3, -0.25) is 4.98 Å². The molecule has 0 unspecified atom stereocenters. The minimum Gasteiger partial charge on any atom is -0.326 e. The van der Waals surface area contributed by atoms with Gasteiger partial charge >= 0.3 is 0 Å². The first-order valence-electron chi connectivity index (χ1n) is 5.72. The topological polar surface area (TPSA) is 69.6 Å². The van der Waals surface area contributed by atoms with Crippen LogP contribution in [0.5, 0.6) is 0 Å². The fourth-order valence-corrected chi connectivity index (χ4v) is 2.08. The molecule has 0 bridgehead atoms. The number of fused-ring (bicyclic) bond motifs is 1. The van der Waals surface area contributed by atoms with Crippen LogP contribution in [-0.4, -0.2) is 19.5 Å². The molecule has 1 aromatic carbocycles. The summed E-state index contributed by atoms with van der Waals surface area (Å²) in [6.45, 7) is 0.480. The van der Waals surface area contributed by atoms with Crippen molar-refractivity contribution in [1.82, 2.24) is 19.5 Å². The number of aromatic nitrogens is 4. The van der Waals surface area contributed by atoms with Crippen LogP contribution in [-0.2, 0) is 13.6 Å². The Morgan fingerprint density at radius 3 is 2.89 bits per heavy atom. The molecule has 0 spiro atoms. The standard InChI is InChI=1S/C13H13N5/c1-18-11-4-2-3-9(7-14)12(11)17-13(18)10-8-15-5-6-16-10/h2-6,8H,7,14H2,1H3. The Bertz CT molecular complexity index is 687. The number of nitrogens with zero attached hydrogens (tertiary/aromatic N) is 4. The zero-order valence-corrected chi connectivity index (χ0v) is 10.0. The van der Waals surface area contributed by atoms with Gasteiger partial charge < -0.3 is 10.3 Å². The number of nitrogens with two attached hydrogens (primary N) is 1. The highest BCUT2D eigenvalue weighted by Gasteiger charge is 2.12. The zero-order valence-electron chi connectivity index (χ0n) is 10.0. The molecular weight excluding hydrogens is 226 g/mol. The van der Waals surface area contributed by atoms with Crippen molar-refractivity contribution in [3.8, 4) is 11.5 Å². The lowest BCUT2D eigenvalue weighted by atomic mass is 10.2. The molecule has 0 aliphatic carbocycles. The zero-order chi connectivity index (χ0) is 12.5. The van der Waals surface area contributed by atoms with Crippen molar-refractivity contribution in [2.75, 3.05) is 0 Å². The van der Waals surface area contributed by atoms with Gasteiger partial charge in [0.15, 0.2) is 5.82 Å². The summed E-state index contributed by atoms with van der Waals surface area (Å²) in [4.78, 5) is 13.0. The number of aryl methyl sites for hydroxylation is 1. The minimum absolute atomic E-state index is 0.480. The quantitative estimate of drug-likeness (QED) is 0.735. The summed E-state index contributed by atoms with van der Waals surface area (Å²) >= 11 is 0. The number of hydrogen-bond acceptors (Lipinski definition) is 4. The number of imidazole rings is 1. The van der Waals surface area contributed by atoms with Gasteiger partial charge in [0.05, 0.1) is 17.2 Å². The Morgan fingerprint density at radius 1 is 1.28 bits per heavy atom. The molecule has 0 atom stereocenters. The average molecular weight is 239 g/mol. The van der Waals surface area contributed by atoms with Crippen molar-refractivity contribution < 1.29 is 0 Å². The molecule has 2 aromatic heterocycles. The summed E-state index contributed by atoms with van der Waals surface area (Å²) in [5.41, 5.74) is 9.53. The molecule has 3 rings (SSSR count). The predicted molar refractivity (Wildman–Crippen MR) is 69.6 cm³/mol. The van der Waals surface area contributed by atoms with Gasteiger partial charge in [-0.05, 0) is 11.6 Å². The van der Waals surface area contributed by atoms with Crippen LogP contribution in [0.15, 0.2) is 36.8 Å². The summed E-state index contributed by atoms with van der Waals surface area (Å²) in [5, 5.41) is 0. The van der Waals surface area contributed by atoms with E-state index in [9.17, 15) is 0 Å². The van der Waals surface area contributed by atoms with Crippen LogP contribution in [0.2, 0.25) is 0 Å². The van der Waals surface area contributed by atoms with Crippen LogP contribution >= 0.6 is 0 Å². The van der Waals surface area contributed by atoms with E-state index in [1.54, 1.807) is 18.6 Å². The van der Waals surface area contributed by atoms with Gasteiger partial charge in [-0.15, -0.1) is 0 Å². The fraction of sp³-hybridized carbons (Fsp3) is 0.154. The van der Waals surface area contributed by atoms with Crippen molar-refractivity contribution >= 4 is 11.0 Å². The van der Waals surface area contributed by atoms with Gasteiger partial charge in [-0.2, -0.15) is 0 Å². The van der Waals surface area contributed by atoms with Crippen LogP contribution in [0.3, 0.4) is 0 Å². The van der Waals surface area contributed by atoms with Crippen molar-refractivity contribution in [2.24, 2.45) is 12.8 Å². The second kappa shape index (κ2) is 4.19. The van der Waals surface area contributed by atoms with E-state index in [1.807, 2.05) is 29.8 Å². The summed E-state index contributed by atoms with van der Waals surface area (Å²) in [6.07, 6.45) is 5.03. The SMILES string of the molecule is Cn1c(-c2cnccn2)nc2c(CN)cccc21. The fourth-order valence-electron chi connectivity index (χ4n) is 2.08. The van der Waals surface area contributed by atoms with E-state index in [0.717, 1.165) is 28.1 Å². The summed E-state index contributed by atoms with van der Waals surface area (Å²) in [6, 6.07) is 6.02. The van der Waals surface area contributed by atoms with Crippen LogP contribution in [0.4, 0.5) is 0 Å². The molecule has 2 N–H and O–H groups in total. The number of para-hydroxylation sites is 1. The third-order valence-electron chi connectivity index (χ3n) is 3.01. The van der Waals surface area contributed by atoms with Crippen molar-refractivity contribution in [3.05, 3.63) is 42.4 Å². The maximum atomic E-state index is 5.74. The molecule has 5 heteroatoms. The van der Waals surface area contributed by atoms with Crippen LogP contribution in [0, 0.1) is 0 Å². The highest BCUT2D eigenvalue weighted by atomic mass is 15.1. The Kier molecular flexibility index (Phi) is 2.53. The maximum Gasteiger partial charge on any atom is 0.161 e. The third-order valence-corrected chi connectivity index (χ3v) is 3.01. The largest absolute Gasteiger partial charge is 0.326 e. The summed E-state index contributed by atoms with van der Waals surface area (Å²) in [5.74, 6) is 0.805. The molecule has 18 heavy (non-hydrogen) atoms. The number of rotatable bonds is 2. The molecule has 5 nitrogen and oxygen atoms in total. The lowest BCUT2D eigenvalue weighted by Gasteiger charge is -2.00. The molecule has 3 aromatic rings. The van der Waals surface area contributed by atoms with E-state index in [-0.39, 0.29) is 0 Å². The van der Waals surface area contributed by atoms with Gasteiger partial charge in [0.2, 0.25) is 0 Å². The lowest BCUT2D eigenvalue weighted by Crippen LogP contribution is -1.97. The van der Waals surface area contributed by atoms with Gasteiger partial charge in [-0.25, -0.2) is 9.97 Å². The van der Waals surface area contributed by atoms with Crippen LogP contribution in [0.1, 0.15) is 5.56 Å². The first kappa shape index (κ1) is 10.9. The summed E-state index contributed by atoms with van der Waals surface area (Å²) in [7, 11) is 1.97. The molecule has 0 radical (unpaired) electrons. The third kappa shape index (κ3) is 1.56. The minimum atomic E-state index is 0.480. The van der Waals surface area contributed by atoms with Crippen LogP contribution < -0.4 is 5.73 Å². The average Bonchev–Trinajstić information content (AvgIpc) is 2.77. The Hall–Kier alpha value is -2.27. The van der Waals surface area contributed by atoms with Crippen LogP contribution in [0.25, 0.3) is 22.6 Å². The smallest absolute Gasteiger partial charge is 0.161 e. The number of hydrogen-bond donors (Lipinski definition) is 1. The predicted octanol–water partition coefficient (Wildman–Crippen LogP) is 1.49. The molecule has 90 valence electrons. The normalized spacial score (nSPS) is 11.0. The highest BCUT2D eigenvalue weighted by Crippen LogP contribution is 2.23. The highest BCUT2D eigenvalue weighted by molar-refractivity contribution is 5.82. The van der Waals surface area contributed by atoms with E-state index in [1.165, 1.54) is 0 Å². The molecule has 0 amide bonds. The molecule has 0 aliphatic heterocycles. The second-order valence-corrected chi connectivity index (χ2v) is 4.07. The molecule has 0 saturated carbocycles. The first-order chi connectivity index (χ1) is 8.81. The molecule has 0 saturated heterocycles. The molecule has 0 aliphatic rings. The molecule has 0 fully saturated rings. The van der Waals surface area contributed by atoms with E-state index >= 15 is 0 Å². The van der Waals surface area contributed by atoms with Crippen molar-refractivity contribution in [3.63, 3.8) is 0 Å². The van der Waals surface area contributed by atoms with E-state index < -0.39 is 0 Å².